The lowest BCUT2D eigenvalue weighted by Gasteiger charge is -2.51. The largest absolute Gasteiger partial charge is 0.462 e. The Kier molecular flexibility index (Phi) is 13.8. The van der Waals surface area contributed by atoms with Crippen molar-refractivity contribution in [1.82, 2.24) is 10.4 Å². The molecule has 0 aliphatic carbocycles. The second kappa shape index (κ2) is 18.2. The molecule has 0 radical (unpaired) electrons. The van der Waals surface area contributed by atoms with E-state index in [0.717, 1.165) is 32.1 Å². The number of allylic oxidation sites excluding steroid dienone is 2. The number of hydrogen-bond donors (Lipinski definition) is 2. The predicted octanol–water partition coefficient (Wildman–Crippen LogP) is 11.0. The quantitative estimate of drug-likeness (QED) is 0.0637. The molecule has 1 saturated heterocycles. The van der Waals surface area contributed by atoms with E-state index in [-0.39, 0.29) is 11.9 Å². The molecule has 2 atom stereocenters. The van der Waals surface area contributed by atoms with Gasteiger partial charge < -0.3 is 19.6 Å². The molecule has 282 valence electrons. The number of hydrogen-bond acceptors (Lipinski definition) is 6. The Morgan fingerprint density at radius 1 is 0.792 bits per heavy atom. The highest BCUT2D eigenvalue weighted by molar-refractivity contribution is 7.63. The number of amides is 1. The number of rotatable bonds is 17. The summed E-state index contributed by atoms with van der Waals surface area (Å²) in [7, 11) is -3.75. The van der Waals surface area contributed by atoms with E-state index in [1.165, 1.54) is 16.2 Å². The first kappa shape index (κ1) is 40.0. The van der Waals surface area contributed by atoms with Gasteiger partial charge in [0.05, 0.1) is 5.30 Å². The fourth-order valence-corrected chi connectivity index (χ4v) is 9.26. The molecule has 5 rings (SSSR count). The zero-order chi connectivity index (χ0) is 37.9. The fraction of sp³-hybridized carbons (Fsp3) is 0.400. The summed E-state index contributed by atoms with van der Waals surface area (Å²) in [6.07, 6.45) is 10.9. The Labute approximate surface area is 316 Å². The van der Waals surface area contributed by atoms with Gasteiger partial charge in [0.15, 0.2) is 0 Å². The second-order valence-corrected chi connectivity index (χ2v) is 17.4. The van der Waals surface area contributed by atoms with E-state index >= 15 is 0 Å². The SMILES string of the molecule is CCC(CC(C/C=C/CCCC(=O)NC1CC(C)(C)N(O)C(C)(C)C1)c1ccccc1)c1ccc(P(=O)(Oc2ccccc2)Oc2ccccc2)cc1. The highest BCUT2D eigenvalue weighted by Gasteiger charge is 2.45. The summed E-state index contributed by atoms with van der Waals surface area (Å²) in [5, 5.41) is 15.8. The van der Waals surface area contributed by atoms with Gasteiger partial charge in [0.1, 0.15) is 11.5 Å². The van der Waals surface area contributed by atoms with Gasteiger partial charge in [0.25, 0.3) is 0 Å². The van der Waals surface area contributed by atoms with Gasteiger partial charge in [-0.05, 0) is 132 Å². The van der Waals surface area contributed by atoms with Gasteiger partial charge in [-0.2, -0.15) is 5.06 Å². The van der Waals surface area contributed by atoms with Crippen molar-refractivity contribution >= 4 is 18.8 Å². The molecule has 0 aromatic heterocycles. The van der Waals surface area contributed by atoms with Crippen molar-refractivity contribution in [2.24, 2.45) is 0 Å². The van der Waals surface area contributed by atoms with Gasteiger partial charge in [0, 0.05) is 23.5 Å². The van der Waals surface area contributed by atoms with Crippen LogP contribution in [0.5, 0.6) is 11.5 Å². The molecule has 53 heavy (non-hydrogen) atoms. The normalized spacial score (nSPS) is 17.2. The number of nitrogens with zero attached hydrogens (tertiary/aromatic N) is 1. The summed E-state index contributed by atoms with van der Waals surface area (Å²) >= 11 is 0. The van der Waals surface area contributed by atoms with Crippen LogP contribution >= 0.6 is 7.60 Å². The highest BCUT2D eigenvalue weighted by Crippen LogP contribution is 2.48. The zero-order valence-corrected chi connectivity index (χ0v) is 32.9. The van der Waals surface area contributed by atoms with E-state index in [1.807, 2.05) is 76.2 Å². The van der Waals surface area contributed by atoms with Crippen molar-refractivity contribution in [1.29, 1.82) is 0 Å². The molecular formula is C45H57N2O5P. The molecule has 1 fully saturated rings. The molecule has 1 aliphatic rings. The first-order chi connectivity index (χ1) is 25.4. The fourth-order valence-electron chi connectivity index (χ4n) is 7.70. The number of nitrogens with one attached hydrogen (secondary N) is 1. The molecule has 1 amide bonds. The van der Waals surface area contributed by atoms with Crippen molar-refractivity contribution in [3.05, 3.63) is 139 Å². The van der Waals surface area contributed by atoms with Crippen molar-refractivity contribution in [3.8, 4) is 11.5 Å². The molecule has 0 bridgehead atoms. The third-order valence-electron chi connectivity index (χ3n) is 10.3. The number of unbranched alkanes of at least 4 members (excludes halogenated alkanes) is 1. The minimum Gasteiger partial charge on any atom is -0.413 e. The summed E-state index contributed by atoms with van der Waals surface area (Å²) in [6.45, 7) is 10.3. The summed E-state index contributed by atoms with van der Waals surface area (Å²) < 4.78 is 26.5. The van der Waals surface area contributed by atoms with Gasteiger partial charge in [0.2, 0.25) is 5.91 Å². The molecule has 4 aromatic rings. The first-order valence-corrected chi connectivity index (χ1v) is 20.6. The smallest absolute Gasteiger partial charge is 0.413 e. The molecule has 8 heteroatoms. The minimum absolute atomic E-state index is 0.0514. The Bertz CT molecular complexity index is 1730. The second-order valence-electron chi connectivity index (χ2n) is 15.6. The maximum Gasteiger partial charge on any atom is 0.462 e. The van der Waals surface area contributed by atoms with Crippen LogP contribution in [0.2, 0.25) is 0 Å². The lowest BCUT2D eigenvalue weighted by atomic mass is 9.79. The molecule has 4 aromatic carbocycles. The topological polar surface area (TPSA) is 88.1 Å². The first-order valence-electron chi connectivity index (χ1n) is 19.1. The number of benzene rings is 4. The maximum atomic E-state index is 14.4. The molecule has 1 heterocycles. The van der Waals surface area contributed by atoms with Crippen molar-refractivity contribution in [3.63, 3.8) is 0 Å². The van der Waals surface area contributed by atoms with Gasteiger partial charge in [-0.3, -0.25) is 4.79 Å². The molecule has 2 unspecified atom stereocenters. The zero-order valence-electron chi connectivity index (χ0n) is 32.0. The molecular weight excluding hydrogens is 679 g/mol. The highest BCUT2D eigenvalue weighted by atomic mass is 31.2. The van der Waals surface area contributed by atoms with Gasteiger partial charge >= 0.3 is 7.60 Å². The van der Waals surface area contributed by atoms with E-state index in [2.05, 4.69) is 66.9 Å². The number of carbonyl (C=O) groups excluding carboxylic acids is 1. The predicted molar refractivity (Wildman–Crippen MR) is 215 cm³/mol. The van der Waals surface area contributed by atoms with Crippen LogP contribution < -0.4 is 19.7 Å². The van der Waals surface area contributed by atoms with Crippen LogP contribution in [0.4, 0.5) is 0 Å². The Balaban J connectivity index is 1.20. The van der Waals surface area contributed by atoms with Crippen LogP contribution in [0.25, 0.3) is 0 Å². The third kappa shape index (κ3) is 11.2. The van der Waals surface area contributed by atoms with Crippen LogP contribution in [0.3, 0.4) is 0 Å². The summed E-state index contributed by atoms with van der Waals surface area (Å²) in [6, 6.07) is 36.9. The molecule has 7 nitrogen and oxygen atoms in total. The van der Waals surface area contributed by atoms with Crippen molar-refractivity contribution in [2.45, 2.75) is 115 Å². The van der Waals surface area contributed by atoms with E-state index < -0.39 is 18.7 Å². The molecule has 0 saturated carbocycles. The number of piperidine rings is 1. The monoisotopic (exact) mass is 736 g/mol. The summed E-state index contributed by atoms with van der Waals surface area (Å²) in [5.74, 6) is 1.66. The van der Waals surface area contributed by atoms with Gasteiger partial charge in [-0.1, -0.05) is 97.9 Å². The maximum absolute atomic E-state index is 14.4. The van der Waals surface area contributed by atoms with Crippen LogP contribution in [0.15, 0.2) is 127 Å². The lowest BCUT2D eigenvalue weighted by Crippen LogP contribution is -2.62. The molecule has 0 spiro atoms. The minimum atomic E-state index is -3.75. The van der Waals surface area contributed by atoms with E-state index in [9.17, 15) is 14.6 Å². The Morgan fingerprint density at radius 3 is 1.83 bits per heavy atom. The summed E-state index contributed by atoms with van der Waals surface area (Å²) in [5.41, 5.74) is 1.71. The number of para-hydroxylation sites is 2. The standard InChI is InChI=1S/C45H57N2O5P/c1-6-35(37-28-30-42(31-29-37)53(50,51-40-23-15-10-16-24-40)52-41-25-17-11-18-26-41)32-38(36-20-13-9-14-21-36)22-12-7-8-19-27-43(48)46-39-33-44(2,3)47(49)45(4,5)34-39/h7,9-18,20-21,23-26,28-31,35,38-39,49H,6,8,19,22,27,32-34H2,1-5H3,(H,46,48)/b12-7+. The Morgan fingerprint density at radius 2 is 1.30 bits per heavy atom. The van der Waals surface area contributed by atoms with Crippen LogP contribution in [-0.2, 0) is 9.36 Å². The average Bonchev–Trinajstić information content (AvgIpc) is 3.14. The van der Waals surface area contributed by atoms with E-state index in [4.69, 9.17) is 9.05 Å². The molecule has 2 N–H and O–H groups in total. The number of hydroxylamine groups is 2. The van der Waals surface area contributed by atoms with Crippen LogP contribution in [-0.4, -0.2) is 33.3 Å². The van der Waals surface area contributed by atoms with Crippen molar-refractivity contribution < 1.29 is 23.6 Å². The van der Waals surface area contributed by atoms with Gasteiger partial charge in [-0.15, -0.1) is 0 Å². The summed E-state index contributed by atoms with van der Waals surface area (Å²) in [4.78, 5) is 12.8. The van der Waals surface area contributed by atoms with E-state index in [0.29, 0.717) is 47.9 Å². The molecule has 1 aliphatic heterocycles. The van der Waals surface area contributed by atoms with E-state index in [1.54, 1.807) is 24.3 Å². The Hall–Kier alpha value is -4.16. The van der Waals surface area contributed by atoms with Gasteiger partial charge in [-0.25, -0.2) is 4.57 Å². The van der Waals surface area contributed by atoms with Crippen LogP contribution in [0, 0.1) is 0 Å². The third-order valence-corrected chi connectivity index (χ3v) is 12.1. The number of carbonyl (C=O) groups is 1. The van der Waals surface area contributed by atoms with Crippen molar-refractivity contribution in [2.75, 3.05) is 0 Å². The average molecular weight is 737 g/mol. The lowest BCUT2D eigenvalue weighted by molar-refractivity contribution is -0.246. The van der Waals surface area contributed by atoms with Crippen LogP contribution in [0.1, 0.15) is 109 Å².